The number of rotatable bonds is 13. The Kier molecular flexibility index (Phi) is 18.7. The molecule has 6 aromatic carbocycles. The van der Waals surface area contributed by atoms with Crippen LogP contribution in [0.3, 0.4) is 0 Å². The Hall–Kier alpha value is -12.4. The summed E-state index contributed by atoms with van der Waals surface area (Å²) in [6.45, 7) is 3.57. The minimum Gasteiger partial charge on any atom is -0.875 e. The van der Waals surface area contributed by atoms with Crippen LogP contribution in [0.2, 0.25) is 0 Å². The average Bonchev–Trinajstić information content (AvgIpc) is 0.756. The molecular weight excluding hydrogens is 1240 g/mol. The van der Waals surface area contributed by atoms with Gasteiger partial charge in [0.1, 0.15) is 22.6 Å². The number of carbonyl (C=O) groups excluding carboxylic acids is 6. The number of benzene rings is 6. The van der Waals surface area contributed by atoms with Gasteiger partial charge >= 0.3 is 23.9 Å². The molecule has 0 radical (unpaired) electrons. The van der Waals surface area contributed by atoms with E-state index in [-0.39, 0.29) is 72.7 Å². The first-order valence-electron chi connectivity index (χ1n) is 31.7. The normalized spacial score (nSPS) is 21.8. The second-order valence-corrected chi connectivity index (χ2v) is 24.5. The highest BCUT2D eigenvalue weighted by molar-refractivity contribution is 6.16. The number of ether oxygens (including phenoxy) is 4. The number of phenols is 2. The molecule has 2 saturated heterocycles. The highest BCUT2D eigenvalue weighted by atomic mass is 16.8. The van der Waals surface area contributed by atoms with E-state index in [1.165, 1.54) is 60.8 Å². The molecule has 18 heteroatoms. The number of nitrogens with zero attached hydrogens (tertiary/aromatic N) is 2. The summed E-state index contributed by atoms with van der Waals surface area (Å²) in [5, 5.41) is 52.3. The number of allylic oxidation sites excluding steroid dienone is 8. The summed E-state index contributed by atoms with van der Waals surface area (Å²) < 4.78 is 26.3. The Morgan fingerprint density at radius 2 is 0.735 bits per heavy atom. The van der Waals surface area contributed by atoms with E-state index in [4.69, 9.17) is 18.9 Å². The summed E-state index contributed by atoms with van der Waals surface area (Å²) in [6, 6.07) is 57.8. The van der Waals surface area contributed by atoms with E-state index in [0.717, 1.165) is 55.9 Å². The van der Waals surface area contributed by atoms with Crippen molar-refractivity contribution in [2.45, 2.75) is 75.0 Å². The lowest BCUT2D eigenvalue weighted by Crippen LogP contribution is -2.56. The maximum absolute atomic E-state index is 12.9. The first-order chi connectivity index (χ1) is 47.3. The summed E-state index contributed by atoms with van der Waals surface area (Å²) in [7, 11) is 0. The first kappa shape index (κ1) is 65.6. The third kappa shape index (κ3) is 14.3. The van der Waals surface area contributed by atoms with E-state index in [2.05, 4.69) is 34.9 Å². The van der Waals surface area contributed by atoms with Gasteiger partial charge in [0.2, 0.25) is 11.4 Å². The molecular formula is C80H66N4O14. The number of amides is 2. The van der Waals surface area contributed by atoms with Crippen LogP contribution < -0.4 is 30.0 Å². The fourth-order valence-corrected chi connectivity index (χ4v) is 12.3. The van der Waals surface area contributed by atoms with Crippen molar-refractivity contribution in [3.8, 4) is 56.3 Å². The SMILES string of the molecule is CC1(c2ccccc2)CC([O-])=C(/C=C/C=C/C=C2C(=O)OC3(CCC4(CC3)OC(=O)C(=C/C=C/C=C/C3=C([O-])CC(C)(c5ccccc5)NC3=O)C(=O)O4)OC2=O)C(=O)N1.Oc1ccc(-[n+]2ccc(-c3cc[n+](-c4ccc(O)c(-c5ccccc5)c4)cc3)cc2)cc1-c1ccccc1. The second-order valence-electron chi connectivity index (χ2n) is 24.5. The van der Waals surface area contributed by atoms with Crippen LogP contribution in [0.5, 0.6) is 11.5 Å². The van der Waals surface area contributed by atoms with Crippen LogP contribution in [0.15, 0.2) is 301 Å². The van der Waals surface area contributed by atoms with Gasteiger partial charge in [0.25, 0.3) is 23.4 Å². The number of hydrogen-bond donors (Lipinski definition) is 4. The second kappa shape index (κ2) is 27.9. The molecule has 5 aliphatic rings. The van der Waals surface area contributed by atoms with Gasteiger partial charge in [-0.2, -0.15) is 9.13 Å². The Balaban J connectivity index is 0.000000206. The molecule has 3 fully saturated rings. The molecule has 2 atom stereocenters. The summed E-state index contributed by atoms with van der Waals surface area (Å²) >= 11 is 0. The van der Waals surface area contributed by atoms with E-state index in [1.54, 1.807) is 26.0 Å². The number of pyridine rings is 2. The topological polar surface area (TPSA) is 258 Å². The van der Waals surface area contributed by atoms with Crippen LogP contribution in [0.4, 0.5) is 0 Å². The van der Waals surface area contributed by atoms with Crippen molar-refractivity contribution in [1.29, 1.82) is 0 Å². The predicted octanol–water partition coefficient (Wildman–Crippen LogP) is 9.98. The molecule has 2 amide bonds. The molecule has 0 bridgehead atoms. The number of carbonyl (C=O) groups is 6. The van der Waals surface area contributed by atoms with Crippen LogP contribution in [0, 0.1) is 0 Å². The van der Waals surface area contributed by atoms with Gasteiger partial charge < -0.3 is 50.0 Å². The lowest BCUT2D eigenvalue weighted by molar-refractivity contribution is -0.596. The predicted molar refractivity (Wildman–Crippen MR) is 357 cm³/mol. The van der Waals surface area contributed by atoms with Crippen molar-refractivity contribution in [3.05, 3.63) is 312 Å². The fraction of sp³-hybridized carbons (Fsp3) is 0.150. The van der Waals surface area contributed by atoms with E-state index in [9.17, 15) is 49.2 Å². The molecule has 8 aromatic rings. The quantitative estimate of drug-likeness (QED) is 0.0275. The Bertz CT molecular complexity index is 4340. The van der Waals surface area contributed by atoms with Crippen molar-refractivity contribution in [1.82, 2.24) is 10.6 Å². The van der Waals surface area contributed by atoms with Crippen molar-refractivity contribution >= 4 is 35.7 Å². The molecule has 4 aliphatic heterocycles. The summed E-state index contributed by atoms with van der Waals surface area (Å²) in [4.78, 5) is 77.4. The minimum absolute atomic E-state index is 0.0330. The van der Waals surface area contributed by atoms with Gasteiger partial charge in [0, 0.05) is 96.5 Å². The highest BCUT2D eigenvalue weighted by Gasteiger charge is 2.57. The molecule has 98 heavy (non-hydrogen) atoms. The van der Waals surface area contributed by atoms with Crippen LogP contribution in [0.25, 0.3) is 44.8 Å². The molecule has 2 unspecified atom stereocenters. The zero-order chi connectivity index (χ0) is 68.6. The van der Waals surface area contributed by atoms with Gasteiger partial charge in [-0.05, 0) is 84.4 Å². The van der Waals surface area contributed by atoms with Crippen LogP contribution in [-0.2, 0) is 58.8 Å². The number of aromatic nitrogens is 2. The van der Waals surface area contributed by atoms with E-state index < -0.39 is 69.5 Å². The van der Waals surface area contributed by atoms with E-state index in [0.29, 0.717) is 0 Å². The standard InChI is InChI=1S/C46H42N2O12.C34H24N2O2/c1-43(29-15-7-3-8-16-29)27-35(49)31(37(51)47-43)19-11-5-13-21-33-39(53)57-45(58-40(33)54)23-25-46(26-24-45)59-41(55)34(42(56)60-46)22-14-6-12-20-32-36(50)28-44(2,48-38(32)52)30-17-9-4-10-18-30;37-33-13-11-29(23-31(33)27-7-3-1-4-8-27)35-19-15-25(16-20-35)26-17-21-36(22-18-26)30-12-14-34(38)32(24-30)28-9-5-2-6-10-28/h3-22,49-50H,23-28H2,1-2H3,(H,47,51)(H,48,52);1-24H/b13-5+,14-6+,19-11+,20-12+,33-21?,34-22?;. The monoisotopic (exact) mass is 1310 g/mol. The minimum atomic E-state index is -1.67. The molecule has 2 spiro atoms. The van der Waals surface area contributed by atoms with Gasteiger partial charge in [-0.3, -0.25) is 9.59 Å². The number of nitrogens with one attached hydrogen (secondary N) is 2. The van der Waals surface area contributed by atoms with Gasteiger partial charge in [-0.25, -0.2) is 19.2 Å². The van der Waals surface area contributed by atoms with Crippen molar-refractivity contribution in [2.75, 3.05) is 0 Å². The third-order valence-corrected chi connectivity index (χ3v) is 17.7. The van der Waals surface area contributed by atoms with E-state index in [1.807, 2.05) is 180 Å². The number of phenolic OH excluding ortho intramolecular Hbond substituents is 2. The smallest absolute Gasteiger partial charge is 0.348 e. The molecule has 1 saturated carbocycles. The largest absolute Gasteiger partial charge is 0.875 e. The molecule has 2 aromatic heterocycles. The highest BCUT2D eigenvalue weighted by Crippen LogP contribution is 2.46. The van der Waals surface area contributed by atoms with Gasteiger partial charge in [0.15, 0.2) is 24.8 Å². The summed E-state index contributed by atoms with van der Waals surface area (Å²) in [5.74, 6) is -8.33. The Labute approximate surface area is 564 Å². The van der Waals surface area contributed by atoms with E-state index >= 15 is 0 Å². The van der Waals surface area contributed by atoms with Crippen LogP contribution in [0.1, 0.15) is 63.5 Å². The molecule has 13 rings (SSSR count). The Morgan fingerprint density at radius 3 is 1.06 bits per heavy atom. The summed E-state index contributed by atoms with van der Waals surface area (Å²) in [5.41, 5.74) is 6.79. The lowest BCUT2D eigenvalue weighted by atomic mass is 9.84. The first-order valence-corrected chi connectivity index (χ1v) is 31.7. The Morgan fingerprint density at radius 1 is 0.408 bits per heavy atom. The lowest BCUT2D eigenvalue weighted by Gasteiger charge is -2.45. The molecule has 6 heterocycles. The number of hydrogen-bond acceptors (Lipinski definition) is 14. The zero-order valence-electron chi connectivity index (χ0n) is 53.3. The third-order valence-electron chi connectivity index (χ3n) is 17.7. The molecule has 4 N–H and O–H groups in total. The van der Waals surface area contributed by atoms with Crippen molar-refractivity contribution < 1.29 is 77.3 Å². The fourth-order valence-electron chi connectivity index (χ4n) is 12.3. The number of esters is 4. The van der Waals surface area contributed by atoms with Crippen LogP contribution in [-0.4, -0.2) is 57.5 Å². The average molecular weight is 1310 g/mol. The summed E-state index contributed by atoms with van der Waals surface area (Å²) in [6.07, 6.45) is 21.3. The number of aromatic hydroxyl groups is 2. The van der Waals surface area contributed by atoms with Crippen LogP contribution >= 0.6 is 0 Å². The van der Waals surface area contributed by atoms with Crippen molar-refractivity contribution in [2.24, 2.45) is 0 Å². The van der Waals surface area contributed by atoms with Gasteiger partial charge in [-0.1, -0.05) is 170 Å². The maximum Gasteiger partial charge on any atom is 0.348 e. The maximum atomic E-state index is 12.9. The molecule has 18 nitrogen and oxygen atoms in total. The van der Waals surface area contributed by atoms with Gasteiger partial charge in [0.05, 0.1) is 11.1 Å². The van der Waals surface area contributed by atoms with Crippen molar-refractivity contribution in [3.63, 3.8) is 0 Å². The molecule has 490 valence electrons. The zero-order valence-corrected chi connectivity index (χ0v) is 53.3. The van der Waals surface area contributed by atoms with Gasteiger partial charge in [-0.15, -0.1) is 11.5 Å². The molecule has 1 aliphatic carbocycles.